The highest BCUT2D eigenvalue weighted by atomic mass is 16.5. The highest BCUT2D eigenvalue weighted by molar-refractivity contribution is 5.93. The number of benzene rings is 1. The van der Waals surface area contributed by atoms with Crippen molar-refractivity contribution in [3.63, 3.8) is 0 Å². The van der Waals surface area contributed by atoms with Crippen LogP contribution < -0.4 is 10.3 Å². The molecule has 1 amide bonds. The van der Waals surface area contributed by atoms with Gasteiger partial charge in [-0.15, -0.1) is 0 Å². The molecule has 1 aromatic carbocycles. The van der Waals surface area contributed by atoms with E-state index in [0.717, 1.165) is 24.2 Å². The number of amides is 1. The largest absolute Gasteiger partial charge is 0.490 e. The number of methoxy groups -OCH3 is 1. The molecule has 2 aromatic rings. The predicted octanol–water partition coefficient (Wildman–Crippen LogP) is 1.78. The third-order valence-electron chi connectivity index (χ3n) is 4.79. The molecule has 1 saturated heterocycles. The number of H-pyrrole nitrogens is 1. The first kappa shape index (κ1) is 18.1. The number of aromatic amines is 1. The Labute approximate surface area is 152 Å². The molecule has 1 N–H and O–H groups in total. The number of carbonyl (C=O) groups excluding carboxylic acids is 1. The number of hydrogen-bond donors (Lipinski definition) is 1. The summed E-state index contributed by atoms with van der Waals surface area (Å²) in [6.07, 6.45) is 4.12. The van der Waals surface area contributed by atoms with E-state index < -0.39 is 11.2 Å². The Morgan fingerprint density at radius 2 is 2.19 bits per heavy atom. The second-order valence-electron chi connectivity index (χ2n) is 6.57. The zero-order valence-electron chi connectivity index (χ0n) is 15.0. The highest BCUT2D eigenvalue weighted by Crippen LogP contribution is 2.27. The monoisotopic (exact) mass is 357 g/mol. The maximum atomic E-state index is 12.7. The number of piperidine rings is 1. The molecule has 0 aliphatic carbocycles. The normalized spacial score (nSPS) is 20.0. The number of hydrogen-bond acceptors (Lipinski definition) is 5. The van der Waals surface area contributed by atoms with Crippen LogP contribution in [-0.2, 0) is 4.74 Å². The number of aryl methyl sites for hydroxylation is 1. The lowest BCUT2D eigenvalue weighted by Gasteiger charge is -2.41. The maximum Gasteiger partial charge on any atom is 0.263 e. The van der Waals surface area contributed by atoms with Gasteiger partial charge in [0, 0.05) is 19.9 Å². The van der Waals surface area contributed by atoms with Gasteiger partial charge in [-0.3, -0.25) is 9.59 Å². The molecule has 0 bridgehead atoms. The van der Waals surface area contributed by atoms with Crippen molar-refractivity contribution in [2.45, 2.75) is 25.4 Å². The number of nitrogens with zero attached hydrogens (tertiary/aromatic N) is 2. The Morgan fingerprint density at radius 3 is 2.92 bits per heavy atom. The summed E-state index contributed by atoms with van der Waals surface area (Å²) < 4.78 is 11.8. The molecule has 1 atom stereocenters. The third kappa shape index (κ3) is 3.77. The van der Waals surface area contributed by atoms with Gasteiger partial charge >= 0.3 is 0 Å². The number of likely N-dealkylation sites (tertiary alicyclic amines) is 1. The van der Waals surface area contributed by atoms with Crippen molar-refractivity contribution in [2.24, 2.45) is 0 Å². The van der Waals surface area contributed by atoms with Gasteiger partial charge in [0.25, 0.3) is 11.5 Å². The average molecular weight is 357 g/mol. The Balaban J connectivity index is 1.74. The van der Waals surface area contributed by atoms with Crippen LogP contribution in [0.4, 0.5) is 0 Å². The molecule has 0 saturated carbocycles. The van der Waals surface area contributed by atoms with Crippen LogP contribution >= 0.6 is 0 Å². The number of carbonyl (C=O) groups is 1. The van der Waals surface area contributed by atoms with Crippen molar-refractivity contribution in [1.82, 2.24) is 14.9 Å². The third-order valence-corrected chi connectivity index (χ3v) is 4.79. The van der Waals surface area contributed by atoms with Crippen LogP contribution in [0.3, 0.4) is 0 Å². The SMILES string of the molecule is CO[C@]1(COc2ccccc2C)CCCN(C(=O)c2cnc[nH]c2=O)C1. The first-order valence-corrected chi connectivity index (χ1v) is 8.60. The molecule has 2 heterocycles. The summed E-state index contributed by atoms with van der Waals surface area (Å²) in [5.41, 5.74) is 0.0453. The van der Waals surface area contributed by atoms with Crippen molar-refractivity contribution in [3.8, 4) is 5.75 Å². The topological polar surface area (TPSA) is 84.5 Å². The fourth-order valence-electron chi connectivity index (χ4n) is 3.21. The Hall–Kier alpha value is -2.67. The minimum absolute atomic E-state index is 0.0409. The van der Waals surface area contributed by atoms with E-state index in [4.69, 9.17) is 9.47 Å². The summed E-state index contributed by atoms with van der Waals surface area (Å²) in [4.78, 5) is 32.5. The van der Waals surface area contributed by atoms with Gasteiger partial charge in [-0.25, -0.2) is 4.98 Å². The van der Waals surface area contributed by atoms with Gasteiger partial charge in [-0.2, -0.15) is 0 Å². The van der Waals surface area contributed by atoms with E-state index in [9.17, 15) is 9.59 Å². The van der Waals surface area contributed by atoms with Gasteiger partial charge in [0.15, 0.2) is 0 Å². The predicted molar refractivity (Wildman–Crippen MR) is 96.4 cm³/mol. The quantitative estimate of drug-likeness (QED) is 0.882. The minimum Gasteiger partial charge on any atom is -0.490 e. The molecular weight excluding hydrogens is 334 g/mol. The van der Waals surface area contributed by atoms with Crippen LogP contribution in [0.2, 0.25) is 0 Å². The molecule has 26 heavy (non-hydrogen) atoms. The maximum absolute atomic E-state index is 12.7. The fourth-order valence-corrected chi connectivity index (χ4v) is 3.21. The Morgan fingerprint density at radius 1 is 1.38 bits per heavy atom. The van der Waals surface area contributed by atoms with Gasteiger partial charge in [0.2, 0.25) is 0 Å². The van der Waals surface area contributed by atoms with Crippen LogP contribution in [0, 0.1) is 6.92 Å². The second-order valence-corrected chi connectivity index (χ2v) is 6.57. The summed E-state index contributed by atoms with van der Waals surface area (Å²) in [7, 11) is 1.63. The van der Waals surface area contributed by atoms with Crippen LogP contribution in [0.25, 0.3) is 0 Å². The first-order valence-electron chi connectivity index (χ1n) is 8.60. The van der Waals surface area contributed by atoms with Crippen molar-refractivity contribution in [2.75, 3.05) is 26.8 Å². The van der Waals surface area contributed by atoms with Crippen LogP contribution in [0.5, 0.6) is 5.75 Å². The minimum atomic E-state index is -0.606. The standard InChI is InChI=1S/C19H23N3O4/c1-14-6-3-4-7-16(14)26-12-19(25-2)8-5-9-22(11-19)18(24)15-10-20-13-21-17(15)23/h3-4,6-7,10,13H,5,8-9,11-12H2,1-2H3,(H,20,21,23)/t19-/m1/s1. The lowest BCUT2D eigenvalue weighted by molar-refractivity contribution is -0.0826. The smallest absolute Gasteiger partial charge is 0.263 e. The van der Waals surface area contributed by atoms with E-state index in [-0.39, 0.29) is 11.5 Å². The molecule has 1 aliphatic heterocycles. The van der Waals surface area contributed by atoms with Gasteiger partial charge in [-0.05, 0) is 31.4 Å². The second kappa shape index (κ2) is 7.70. The van der Waals surface area contributed by atoms with E-state index in [1.807, 2.05) is 31.2 Å². The molecular formula is C19H23N3O4. The summed E-state index contributed by atoms with van der Waals surface area (Å²) in [6, 6.07) is 7.79. The molecule has 0 spiro atoms. The molecule has 138 valence electrons. The van der Waals surface area contributed by atoms with Gasteiger partial charge in [0.05, 0.1) is 12.9 Å². The molecule has 0 unspecified atom stereocenters. The zero-order valence-corrected chi connectivity index (χ0v) is 15.0. The summed E-state index contributed by atoms with van der Waals surface area (Å²) in [5.74, 6) is 0.465. The molecule has 1 aliphatic rings. The van der Waals surface area contributed by atoms with Crippen molar-refractivity contribution in [1.29, 1.82) is 0 Å². The number of ether oxygens (including phenoxy) is 2. The van der Waals surface area contributed by atoms with Gasteiger partial charge in [-0.1, -0.05) is 18.2 Å². The summed E-state index contributed by atoms with van der Waals surface area (Å²) in [5, 5.41) is 0. The van der Waals surface area contributed by atoms with E-state index >= 15 is 0 Å². The van der Waals surface area contributed by atoms with Crippen molar-refractivity contribution >= 4 is 5.91 Å². The van der Waals surface area contributed by atoms with Gasteiger partial charge < -0.3 is 19.4 Å². The number of rotatable bonds is 5. The molecule has 1 aromatic heterocycles. The Bertz CT molecular complexity index is 835. The van der Waals surface area contributed by atoms with E-state index in [0.29, 0.717) is 19.7 Å². The van der Waals surface area contributed by atoms with E-state index in [1.165, 1.54) is 12.5 Å². The molecule has 3 rings (SSSR count). The molecule has 7 heteroatoms. The zero-order chi connectivity index (χ0) is 18.6. The molecule has 1 fully saturated rings. The molecule has 7 nitrogen and oxygen atoms in total. The first-order chi connectivity index (χ1) is 12.5. The highest BCUT2D eigenvalue weighted by Gasteiger charge is 2.39. The van der Waals surface area contributed by atoms with Crippen molar-refractivity contribution < 1.29 is 14.3 Å². The van der Waals surface area contributed by atoms with Crippen molar-refractivity contribution in [3.05, 3.63) is 58.3 Å². The van der Waals surface area contributed by atoms with Crippen LogP contribution in [0.1, 0.15) is 28.8 Å². The van der Waals surface area contributed by atoms with E-state index in [2.05, 4.69) is 9.97 Å². The lowest BCUT2D eigenvalue weighted by Crippen LogP contribution is -2.55. The van der Waals surface area contributed by atoms with Gasteiger partial charge in [0.1, 0.15) is 23.5 Å². The molecule has 0 radical (unpaired) electrons. The summed E-state index contributed by atoms with van der Waals surface area (Å²) >= 11 is 0. The van der Waals surface area contributed by atoms with Crippen LogP contribution in [0.15, 0.2) is 41.6 Å². The number of nitrogens with one attached hydrogen (secondary N) is 1. The Kier molecular flexibility index (Phi) is 5.37. The average Bonchev–Trinajstić information content (AvgIpc) is 2.67. The number of aromatic nitrogens is 2. The number of para-hydroxylation sites is 1. The fraction of sp³-hybridized carbons (Fsp3) is 0.421. The lowest BCUT2D eigenvalue weighted by atomic mass is 9.93. The van der Waals surface area contributed by atoms with E-state index in [1.54, 1.807) is 12.0 Å². The van der Waals surface area contributed by atoms with Crippen LogP contribution in [-0.4, -0.2) is 53.2 Å². The summed E-state index contributed by atoms with van der Waals surface area (Å²) in [6.45, 7) is 3.26.